The molecule has 3 rings (SSSR count). The van der Waals surface area contributed by atoms with E-state index in [1.807, 2.05) is 38.1 Å². The van der Waals surface area contributed by atoms with Crippen molar-refractivity contribution in [2.75, 3.05) is 6.54 Å². The van der Waals surface area contributed by atoms with Crippen LogP contribution in [0, 0.1) is 0 Å². The summed E-state index contributed by atoms with van der Waals surface area (Å²) in [7, 11) is 1.90. The van der Waals surface area contributed by atoms with E-state index in [1.165, 1.54) is 0 Å². The number of likely N-dealkylation sites (tertiary alicyclic amines) is 1. The van der Waals surface area contributed by atoms with Gasteiger partial charge in [0.2, 0.25) is 0 Å². The molecule has 0 N–H and O–H groups in total. The maximum absolute atomic E-state index is 12.9. The minimum atomic E-state index is -0.0572. The number of aryl methyl sites for hydroxylation is 1. The van der Waals surface area contributed by atoms with Crippen molar-refractivity contribution in [1.29, 1.82) is 0 Å². The number of nitrogens with zero attached hydrogens (tertiary/aromatic N) is 4. The van der Waals surface area contributed by atoms with E-state index in [0.717, 1.165) is 43.7 Å². The summed E-state index contributed by atoms with van der Waals surface area (Å²) in [6.07, 6.45) is 6.14. The second kappa shape index (κ2) is 6.56. The lowest BCUT2D eigenvalue weighted by Crippen LogP contribution is -2.35. The van der Waals surface area contributed by atoms with Gasteiger partial charge in [0.05, 0.1) is 11.7 Å². The molecule has 23 heavy (non-hydrogen) atoms. The van der Waals surface area contributed by atoms with E-state index in [4.69, 9.17) is 4.52 Å². The van der Waals surface area contributed by atoms with Crippen LogP contribution in [0.5, 0.6) is 0 Å². The molecule has 1 unspecified atom stereocenters. The van der Waals surface area contributed by atoms with Gasteiger partial charge >= 0.3 is 0 Å². The normalized spacial score (nSPS) is 19.1. The minimum absolute atomic E-state index is 0.0189. The monoisotopic (exact) mass is 316 g/mol. The maximum atomic E-state index is 12.9. The van der Waals surface area contributed by atoms with Crippen LogP contribution in [0.4, 0.5) is 0 Å². The zero-order chi connectivity index (χ0) is 16.4. The van der Waals surface area contributed by atoms with E-state index in [1.54, 1.807) is 10.7 Å². The Kier molecular flexibility index (Phi) is 4.50. The van der Waals surface area contributed by atoms with Crippen molar-refractivity contribution in [1.82, 2.24) is 19.8 Å². The van der Waals surface area contributed by atoms with Crippen LogP contribution >= 0.6 is 0 Å². The molecule has 0 radical (unpaired) electrons. The summed E-state index contributed by atoms with van der Waals surface area (Å²) in [5.74, 6) is 0.913. The first-order valence-corrected chi connectivity index (χ1v) is 8.33. The van der Waals surface area contributed by atoms with Gasteiger partial charge in [-0.25, -0.2) is 0 Å². The largest absolute Gasteiger partial charge is 0.360 e. The van der Waals surface area contributed by atoms with Gasteiger partial charge in [0, 0.05) is 31.8 Å². The number of aromatic nitrogens is 3. The Hall–Kier alpha value is -2.11. The second-order valence-electron chi connectivity index (χ2n) is 6.55. The molecule has 0 aromatic carbocycles. The third-order valence-electron chi connectivity index (χ3n) is 4.41. The van der Waals surface area contributed by atoms with Crippen LogP contribution in [0.15, 0.2) is 22.9 Å². The molecule has 1 atom stereocenters. The Balaban J connectivity index is 1.87. The van der Waals surface area contributed by atoms with Crippen LogP contribution in [0.2, 0.25) is 0 Å². The lowest BCUT2D eigenvalue weighted by atomic mass is 10.1. The minimum Gasteiger partial charge on any atom is -0.360 e. The van der Waals surface area contributed by atoms with Crippen LogP contribution in [0.3, 0.4) is 0 Å². The summed E-state index contributed by atoms with van der Waals surface area (Å²) < 4.78 is 7.08. The van der Waals surface area contributed by atoms with Crippen molar-refractivity contribution in [3.05, 3.63) is 35.5 Å². The van der Waals surface area contributed by atoms with Crippen molar-refractivity contribution in [2.45, 2.75) is 51.5 Å². The summed E-state index contributed by atoms with van der Waals surface area (Å²) in [6, 6.07) is 3.79. The number of amides is 1. The number of carbonyl (C=O) groups is 1. The zero-order valence-corrected chi connectivity index (χ0v) is 14.0. The molecule has 0 bridgehead atoms. The third-order valence-corrected chi connectivity index (χ3v) is 4.41. The van der Waals surface area contributed by atoms with Crippen molar-refractivity contribution in [3.63, 3.8) is 0 Å². The summed E-state index contributed by atoms with van der Waals surface area (Å²) >= 11 is 0. The molecule has 124 valence electrons. The molecule has 6 heteroatoms. The smallest absolute Gasteiger partial charge is 0.276 e. The standard InChI is InChI=1S/C17H24N4O2/c1-12(2)16-11-14(19-23-16)17(22)21-9-6-4-5-7-15(21)13-8-10-20(3)18-13/h8,10-12,15H,4-7,9H2,1-3H3. The van der Waals surface area contributed by atoms with E-state index < -0.39 is 0 Å². The van der Waals surface area contributed by atoms with Crippen molar-refractivity contribution in [3.8, 4) is 0 Å². The lowest BCUT2D eigenvalue weighted by Gasteiger charge is -2.28. The molecule has 2 aromatic rings. The highest BCUT2D eigenvalue weighted by molar-refractivity contribution is 5.92. The zero-order valence-electron chi connectivity index (χ0n) is 14.0. The average Bonchev–Trinajstić information content (AvgIpc) is 3.10. The second-order valence-corrected chi connectivity index (χ2v) is 6.55. The van der Waals surface area contributed by atoms with Gasteiger partial charge in [-0.2, -0.15) is 5.10 Å². The maximum Gasteiger partial charge on any atom is 0.276 e. The predicted molar refractivity (Wildman–Crippen MR) is 86.0 cm³/mol. The first-order valence-electron chi connectivity index (χ1n) is 8.33. The van der Waals surface area contributed by atoms with Crippen molar-refractivity contribution >= 4 is 5.91 Å². The molecule has 2 aromatic heterocycles. The molecule has 1 fully saturated rings. The number of hydrogen-bond acceptors (Lipinski definition) is 4. The first-order chi connectivity index (χ1) is 11.1. The van der Waals surface area contributed by atoms with Crippen LogP contribution in [-0.2, 0) is 7.05 Å². The summed E-state index contributed by atoms with van der Waals surface area (Å²) in [5.41, 5.74) is 1.35. The quantitative estimate of drug-likeness (QED) is 0.871. The molecule has 1 aliphatic heterocycles. The molecule has 1 aliphatic rings. The fourth-order valence-corrected chi connectivity index (χ4v) is 3.08. The molecule has 1 saturated heterocycles. The highest BCUT2D eigenvalue weighted by atomic mass is 16.5. The van der Waals surface area contributed by atoms with Crippen LogP contribution in [0.1, 0.15) is 73.4 Å². The van der Waals surface area contributed by atoms with Crippen LogP contribution in [0.25, 0.3) is 0 Å². The Morgan fingerprint density at radius 3 is 2.83 bits per heavy atom. The van der Waals surface area contributed by atoms with Gasteiger partial charge in [-0.05, 0) is 18.9 Å². The fraction of sp³-hybridized carbons (Fsp3) is 0.588. The molecule has 3 heterocycles. The third kappa shape index (κ3) is 3.30. The van der Waals surface area contributed by atoms with E-state index >= 15 is 0 Å². The number of carbonyl (C=O) groups excluding carboxylic acids is 1. The lowest BCUT2D eigenvalue weighted by molar-refractivity contribution is 0.0665. The molecule has 1 amide bonds. The van der Waals surface area contributed by atoms with Crippen molar-refractivity contribution < 1.29 is 9.32 Å². The Labute approximate surface area is 136 Å². The summed E-state index contributed by atoms with van der Waals surface area (Å²) in [5, 5.41) is 8.50. The van der Waals surface area contributed by atoms with Gasteiger partial charge in [0.1, 0.15) is 5.76 Å². The van der Waals surface area contributed by atoms with Gasteiger partial charge in [0.25, 0.3) is 5.91 Å². The fourth-order valence-electron chi connectivity index (χ4n) is 3.08. The van der Waals surface area contributed by atoms with Gasteiger partial charge in [0.15, 0.2) is 5.69 Å². The summed E-state index contributed by atoms with van der Waals surface area (Å²) in [4.78, 5) is 14.9. The van der Waals surface area contributed by atoms with E-state index in [0.29, 0.717) is 5.69 Å². The highest BCUT2D eigenvalue weighted by Gasteiger charge is 2.30. The first kappa shape index (κ1) is 15.8. The SMILES string of the molecule is CC(C)c1cc(C(=O)N2CCCCCC2c2ccn(C)n2)no1. The van der Waals surface area contributed by atoms with E-state index in [9.17, 15) is 4.79 Å². The van der Waals surface area contributed by atoms with Gasteiger partial charge in [-0.1, -0.05) is 31.8 Å². The van der Waals surface area contributed by atoms with E-state index in [-0.39, 0.29) is 17.9 Å². The number of rotatable bonds is 3. The van der Waals surface area contributed by atoms with Crippen molar-refractivity contribution in [2.24, 2.45) is 7.05 Å². The van der Waals surface area contributed by atoms with E-state index in [2.05, 4.69) is 10.3 Å². The Morgan fingerprint density at radius 1 is 1.35 bits per heavy atom. The average molecular weight is 316 g/mol. The highest BCUT2D eigenvalue weighted by Crippen LogP contribution is 2.30. The molecule has 0 spiro atoms. The number of hydrogen-bond donors (Lipinski definition) is 0. The molecular weight excluding hydrogens is 292 g/mol. The molecular formula is C17H24N4O2. The van der Waals surface area contributed by atoms with Gasteiger partial charge in [-0.3, -0.25) is 9.48 Å². The van der Waals surface area contributed by atoms with Gasteiger partial charge in [-0.15, -0.1) is 0 Å². The summed E-state index contributed by atoms with van der Waals surface area (Å²) in [6.45, 7) is 4.79. The Morgan fingerprint density at radius 2 is 2.17 bits per heavy atom. The van der Waals surface area contributed by atoms with Gasteiger partial charge < -0.3 is 9.42 Å². The molecule has 0 aliphatic carbocycles. The predicted octanol–water partition coefficient (Wildman–Crippen LogP) is 3.29. The molecule has 6 nitrogen and oxygen atoms in total. The molecule has 0 saturated carbocycles. The van der Waals surface area contributed by atoms with Crippen LogP contribution in [-0.4, -0.2) is 32.3 Å². The Bertz CT molecular complexity index is 674. The topological polar surface area (TPSA) is 64.2 Å². The van der Waals surface area contributed by atoms with Crippen LogP contribution < -0.4 is 0 Å².